The number of hydrogen-bond acceptors (Lipinski definition) is 3. The van der Waals surface area contributed by atoms with Gasteiger partial charge < -0.3 is 19.4 Å². The summed E-state index contributed by atoms with van der Waals surface area (Å²) in [6, 6.07) is 9.78. The highest BCUT2D eigenvalue weighted by Gasteiger charge is 2.26. The van der Waals surface area contributed by atoms with E-state index in [1.807, 2.05) is 42.2 Å². The lowest BCUT2D eigenvalue weighted by Crippen LogP contribution is -2.45. The standard InChI is InChI=1S/C19H24N2O3/c1-14-5-6-16(12-15(14)2)20-19(22)21(13-18-4-3-9-24-18)17-7-10-23-11-8-17/h3-6,9,12,17H,7-8,10-11,13H2,1-2H3,(H,20,22). The molecule has 2 aromatic rings. The highest BCUT2D eigenvalue weighted by atomic mass is 16.5. The van der Waals surface area contributed by atoms with Crippen LogP contribution < -0.4 is 5.32 Å². The van der Waals surface area contributed by atoms with Gasteiger partial charge in [0, 0.05) is 24.9 Å². The van der Waals surface area contributed by atoms with Crippen LogP contribution in [0.1, 0.15) is 29.7 Å². The molecule has 2 heterocycles. The fraction of sp³-hybridized carbons (Fsp3) is 0.421. The Balaban J connectivity index is 1.75. The molecule has 5 nitrogen and oxygen atoms in total. The molecule has 0 unspecified atom stereocenters. The van der Waals surface area contributed by atoms with Gasteiger partial charge in [0.2, 0.25) is 0 Å². The summed E-state index contributed by atoms with van der Waals surface area (Å²) < 4.78 is 10.9. The molecule has 0 saturated carbocycles. The molecule has 1 aliphatic rings. The quantitative estimate of drug-likeness (QED) is 0.919. The van der Waals surface area contributed by atoms with Crippen molar-refractivity contribution in [3.8, 4) is 0 Å². The molecule has 1 N–H and O–H groups in total. The maximum absolute atomic E-state index is 12.9. The molecular formula is C19H24N2O3. The van der Waals surface area contributed by atoms with E-state index in [0.717, 1.165) is 29.9 Å². The van der Waals surface area contributed by atoms with Crippen molar-refractivity contribution < 1.29 is 13.9 Å². The number of furan rings is 1. The van der Waals surface area contributed by atoms with Gasteiger partial charge >= 0.3 is 6.03 Å². The van der Waals surface area contributed by atoms with Crippen molar-refractivity contribution in [3.05, 3.63) is 53.5 Å². The third-order valence-corrected chi connectivity index (χ3v) is 4.56. The number of anilines is 1. The first-order valence-electron chi connectivity index (χ1n) is 8.38. The van der Waals surface area contributed by atoms with Crippen LogP contribution in [0.4, 0.5) is 10.5 Å². The summed E-state index contributed by atoms with van der Waals surface area (Å²) in [5.41, 5.74) is 3.20. The van der Waals surface area contributed by atoms with Crippen molar-refractivity contribution in [2.24, 2.45) is 0 Å². The Bertz CT molecular complexity index is 676. The van der Waals surface area contributed by atoms with Crippen molar-refractivity contribution in [2.45, 2.75) is 39.3 Å². The van der Waals surface area contributed by atoms with E-state index in [4.69, 9.17) is 9.15 Å². The molecule has 3 rings (SSSR count). The predicted molar refractivity (Wildman–Crippen MR) is 93.0 cm³/mol. The molecule has 1 saturated heterocycles. The second kappa shape index (κ2) is 7.53. The number of amides is 2. The van der Waals surface area contributed by atoms with Crippen LogP contribution >= 0.6 is 0 Å². The van der Waals surface area contributed by atoms with E-state index in [1.165, 1.54) is 5.56 Å². The zero-order valence-corrected chi connectivity index (χ0v) is 14.2. The number of aryl methyl sites for hydroxylation is 2. The Hall–Kier alpha value is -2.27. The van der Waals surface area contributed by atoms with Crippen LogP contribution in [0.15, 0.2) is 41.0 Å². The lowest BCUT2D eigenvalue weighted by molar-refractivity contribution is 0.0443. The number of nitrogens with zero attached hydrogens (tertiary/aromatic N) is 1. The SMILES string of the molecule is Cc1ccc(NC(=O)N(Cc2ccco2)C2CCOCC2)cc1C. The van der Waals surface area contributed by atoms with Gasteiger partial charge in [-0.2, -0.15) is 0 Å². The smallest absolute Gasteiger partial charge is 0.322 e. The van der Waals surface area contributed by atoms with Crippen molar-refractivity contribution >= 4 is 11.7 Å². The van der Waals surface area contributed by atoms with Crippen molar-refractivity contribution in [1.82, 2.24) is 4.90 Å². The number of hydrogen-bond donors (Lipinski definition) is 1. The van der Waals surface area contributed by atoms with E-state index >= 15 is 0 Å². The molecule has 0 aliphatic carbocycles. The molecule has 5 heteroatoms. The Labute approximate surface area is 142 Å². The Morgan fingerprint density at radius 3 is 2.67 bits per heavy atom. The minimum absolute atomic E-state index is 0.0958. The lowest BCUT2D eigenvalue weighted by Gasteiger charge is -2.33. The van der Waals surface area contributed by atoms with Gasteiger partial charge in [-0.1, -0.05) is 6.07 Å². The fourth-order valence-electron chi connectivity index (χ4n) is 2.95. The van der Waals surface area contributed by atoms with Crippen LogP contribution in [0.2, 0.25) is 0 Å². The Morgan fingerprint density at radius 1 is 1.21 bits per heavy atom. The first-order valence-corrected chi connectivity index (χ1v) is 8.38. The molecule has 2 amide bonds. The van der Waals surface area contributed by atoms with Gasteiger partial charge in [0.1, 0.15) is 5.76 Å². The molecular weight excluding hydrogens is 304 g/mol. The zero-order valence-electron chi connectivity index (χ0n) is 14.2. The van der Waals surface area contributed by atoms with Gasteiger partial charge in [0.25, 0.3) is 0 Å². The molecule has 1 aromatic carbocycles. The predicted octanol–water partition coefficient (Wildman–Crippen LogP) is 4.11. The molecule has 1 fully saturated rings. The van der Waals surface area contributed by atoms with Crippen LogP contribution in [-0.2, 0) is 11.3 Å². The fourth-order valence-corrected chi connectivity index (χ4v) is 2.95. The second-order valence-corrected chi connectivity index (χ2v) is 6.28. The van der Waals surface area contributed by atoms with Crippen LogP contribution in [0.25, 0.3) is 0 Å². The average Bonchev–Trinajstić information content (AvgIpc) is 3.10. The van der Waals surface area contributed by atoms with E-state index in [2.05, 4.69) is 12.2 Å². The normalized spacial score (nSPS) is 15.2. The van der Waals surface area contributed by atoms with Crippen LogP contribution in [0.3, 0.4) is 0 Å². The minimum atomic E-state index is -0.0958. The summed E-state index contributed by atoms with van der Waals surface area (Å²) in [6.07, 6.45) is 3.33. The van der Waals surface area contributed by atoms with E-state index < -0.39 is 0 Å². The first-order chi connectivity index (χ1) is 11.6. The van der Waals surface area contributed by atoms with Gasteiger partial charge in [-0.3, -0.25) is 0 Å². The molecule has 0 radical (unpaired) electrons. The number of nitrogens with one attached hydrogen (secondary N) is 1. The second-order valence-electron chi connectivity index (χ2n) is 6.28. The van der Waals surface area contributed by atoms with Crippen molar-refractivity contribution in [2.75, 3.05) is 18.5 Å². The maximum atomic E-state index is 12.9. The minimum Gasteiger partial charge on any atom is -0.467 e. The van der Waals surface area contributed by atoms with E-state index in [0.29, 0.717) is 19.8 Å². The van der Waals surface area contributed by atoms with Gasteiger partial charge in [-0.05, 0) is 62.1 Å². The van der Waals surface area contributed by atoms with Gasteiger partial charge in [-0.25, -0.2) is 4.79 Å². The molecule has 128 valence electrons. The molecule has 0 bridgehead atoms. The molecule has 0 spiro atoms. The largest absolute Gasteiger partial charge is 0.467 e. The van der Waals surface area contributed by atoms with Gasteiger partial charge in [0.15, 0.2) is 0 Å². The number of benzene rings is 1. The number of rotatable bonds is 4. The number of urea groups is 1. The Kier molecular flexibility index (Phi) is 5.20. The maximum Gasteiger partial charge on any atom is 0.322 e. The van der Waals surface area contributed by atoms with Crippen LogP contribution in [0.5, 0.6) is 0 Å². The van der Waals surface area contributed by atoms with Crippen molar-refractivity contribution in [3.63, 3.8) is 0 Å². The number of ether oxygens (including phenoxy) is 1. The summed E-state index contributed by atoms with van der Waals surface area (Å²) in [5.74, 6) is 0.789. The molecule has 0 atom stereocenters. The third-order valence-electron chi connectivity index (χ3n) is 4.56. The number of carbonyl (C=O) groups excluding carboxylic acids is 1. The summed E-state index contributed by atoms with van der Waals surface area (Å²) in [6.45, 7) is 5.96. The molecule has 1 aromatic heterocycles. The lowest BCUT2D eigenvalue weighted by atomic mass is 10.1. The zero-order chi connectivity index (χ0) is 16.9. The monoisotopic (exact) mass is 328 g/mol. The summed E-state index contributed by atoms with van der Waals surface area (Å²) in [7, 11) is 0. The third kappa shape index (κ3) is 3.97. The van der Waals surface area contributed by atoms with Gasteiger partial charge in [0.05, 0.1) is 12.8 Å². The van der Waals surface area contributed by atoms with Crippen molar-refractivity contribution in [1.29, 1.82) is 0 Å². The summed E-state index contributed by atoms with van der Waals surface area (Å²) >= 11 is 0. The first kappa shape index (κ1) is 16.6. The summed E-state index contributed by atoms with van der Waals surface area (Å²) in [5, 5.41) is 3.02. The number of carbonyl (C=O) groups is 1. The van der Waals surface area contributed by atoms with Gasteiger partial charge in [-0.15, -0.1) is 0 Å². The Morgan fingerprint density at radius 2 is 2.00 bits per heavy atom. The highest BCUT2D eigenvalue weighted by Crippen LogP contribution is 2.20. The average molecular weight is 328 g/mol. The van der Waals surface area contributed by atoms with E-state index in [-0.39, 0.29) is 12.1 Å². The topological polar surface area (TPSA) is 54.7 Å². The van der Waals surface area contributed by atoms with E-state index in [1.54, 1.807) is 6.26 Å². The molecule has 1 aliphatic heterocycles. The summed E-state index contributed by atoms with van der Waals surface area (Å²) in [4.78, 5) is 14.7. The van der Waals surface area contributed by atoms with E-state index in [9.17, 15) is 4.79 Å². The van der Waals surface area contributed by atoms with Crippen LogP contribution in [0, 0.1) is 13.8 Å². The highest BCUT2D eigenvalue weighted by molar-refractivity contribution is 5.89. The van der Waals surface area contributed by atoms with Crippen LogP contribution in [-0.4, -0.2) is 30.2 Å². The molecule has 24 heavy (non-hydrogen) atoms.